The molecule has 7 nitrogen and oxygen atoms in total. The van der Waals surface area contributed by atoms with E-state index in [0.717, 1.165) is 44.2 Å². The van der Waals surface area contributed by atoms with Crippen LogP contribution in [0.3, 0.4) is 0 Å². The molecule has 28 heavy (non-hydrogen) atoms. The van der Waals surface area contributed by atoms with Crippen molar-refractivity contribution < 1.29 is 13.2 Å². The first-order valence-electron chi connectivity index (χ1n) is 9.55. The number of guanidine groups is 1. The van der Waals surface area contributed by atoms with Gasteiger partial charge >= 0.3 is 0 Å². The first kappa shape index (κ1) is 23.4. The van der Waals surface area contributed by atoms with Gasteiger partial charge in [0.1, 0.15) is 0 Å². The average Bonchev–Trinajstić information content (AvgIpc) is 3.12. The number of ether oxygens (including phenoxy) is 1. The van der Waals surface area contributed by atoms with Crippen molar-refractivity contribution >= 4 is 39.8 Å². The molecule has 1 aromatic carbocycles. The van der Waals surface area contributed by atoms with E-state index < -0.39 is 9.84 Å². The molecule has 3 rings (SSSR count). The van der Waals surface area contributed by atoms with Crippen molar-refractivity contribution in [1.29, 1.82) is 0 Å². The van der Waals surface area contributed by atoms with Crippen LogP contribution in [0.15, 0.2) is 34.2 Å². The Hall–Kier alpha value is -0.910. The van der Waals surface area contributed by atoms with Gasteiger partial charge in [-0.25, -0.2) is 8.42 Å². The van der Waals surface area contributed by atoms with Crippen LogP contribution in [0.25, 0.3) is 0 Å². The van der Waals surface area contributed by atoms with E-state index in [1.54, 1.807) is 19.2 Å². The van der Waals surface area contributed by atoms with E-state index >= 15 is 0 Å². The minimum Gasteiger partial charge on any atom is -0.373 e. The molecule has 0 aromatic heterocycles. The number of fused-ring (bicyclic) bond motifs is 1. The summed E-state index contributed by atoms with van der Waals surface area (Å²) in [6.07, 6.45) is 4.75. The first-order chi connectivity index (χ1) is 13.0. The second-order valence-electron chi connectivity index (χ2n) is 7.29. The fourth-order valence-electron chi connectivity index (χ4n) is 3.67. The van der Waals surface area contributed by atoms with Gasteiger partial charge in [-0.1, -0.05) is 12.1 Å². The molecule has 0 saturated carbocycles. The Labute approximate surface area is 185 Å². The third-order valence-electron chi connectivity index (χ3n) is 5.24. The number of halogens is 1. The summed E-state index contributed by atoms with van der Waals surface area (Å²) in [7, 11) is -1.38. The van der Waals surface area contributed by atoms with E-state index in [1.807, 2.05) is 12.1 Å². The minimum absolute atomic E-state index is 0. The zero-order valence-corrected chi connectivity index (χ0v) is 19.7. The van der Waals surface area contributed by atoms with Gasteiger partial charge in [0.2, 0.25) is 0 Å². The zero-order chi connectivity index (χ0) is 19.3. The zero-order valence-electron chi connectivity index (χ0n) is 16.6. The molecule has 0 radical (unpaired) electrons. The molecular weight excluding hydrogens is 491 g/mol. The van der Waals surface area contributed by atoms with Gasteiger partial charge in [0.15, 0.2) is 15.8 Å². The van der Waals surface area contributed by atoms with Gasteiger partial charge in [0.25, 0.3) is 0 Å². The van der Waals surface area contributed by atoms with Gasteiger partial charge in [-0.2, -0.15) is 0 Å². The molecule has 2 heterocycles. The van der Waals surface area contributed by atoms with Crippen LogP contribution in [0.1, 0.15) is 18.4 Å². The number of sulfone groups is 1. The molecule has 2 aliphatic heterocycles. The molecule has 0 spiro atoms. The van der Waals surface area contributed by atoms with Crippen molar-refractivity contribution in [1.82, 2.24) is 15.5 Å². The van der Waals surface area contributed by atoms with Gasteiger partial charge in [0, 0.05) is 39.0 Å². The Bertz CT molecular complexity index is 755. The van der Waals surface area contributed by atoms with Crippen LogP contribution in [-0.4, -0.2) is 77.5 Å². The first-order valence-corrected chi connectivity index (χ1v) is 11.4. The van der Waals surface area contributed by atoms with E-state index in [1.165, 1.54) is 25.6 Å². The molecule has 0 amide bonds. The maximum absolute atomic E-state index is 11.5. The number of rotatable bonds is 6. The maximum atomic E-state index is 11.5. The minimum atomic E-state index is -3.14. The average molecular weight is 522 g/mol. The van der Waals surface area contributed by atoms with Gasteiger partial charge < -0.3 is 15.4 Å². The molecule has 0 bridgehead atoms. The fourth-order valence-corrected chi connectivity index (χ4v) is 4.30. The predicted octanol–water partition coefficient (Wildman–Crippen LogP) is 1.28. The molecule has 2 N–H and O–H groups in total. The number of hydrogen-bond acceptors (Lipinski definition) is 5. The molecule has 9 heteroatoms. The molecule has 2 atom stereocenters. The highest BCUT2D eigenvalue weighted by Crippen LogP contribution is 2.22. The van der Waals surface area contributed by atoms with Gasteiger partial charge in [-0.15, -0.1) is 24.0 Å². The molecule has 2 aliphatic rings. The fraction of sp³-hybridized carbons (Fsp3) is 0.632. The van der Waals surface area contributed by atoms with E-state index in [2.05, 4.69) is 20.5 Å². The number of benzene rings is 1. The summed E-state index contributed by atoms with van der Waals surface area (Å²) >= 11 is 0. The normalized spacial score (nSPS) is 23.0. The van der Waals surface area contributed by atoms with Crippen LogP contribution < -0.4 is 10.6 Å². The summed E-state index contributed by atoms with van der Waals surface area (Å²) in [5.41, 5.74) is 1.08. The molecule has 2 fully saturated rings. The summed E-state index contributed by atoms with van der Waals surface area (Å²) in [6, 6.07) is 7.65. The van der Waals surface area contributed by atoms with Crippen LogP contribution in [0.2, 0.25) is 0 Å². The van der Waals surface area contributed by atoms with E-state index in [9.17, 15) is 8.42 Å². The Balaban J connectivity index is 0.00000280. The summed E-state index contributed by atoms with van der Waals surface area (Å²) in [4.78, 5) is 7.15. The van der Waals surface area contributed by atoms with Gasteiger partial charge in [-0.3, -0.25) is 9.89 Å². The maximum Gasteiger partial charge on any atom is 0.191 e. The van der Waals surface area contributed by atoms with Crippen LogP contribution in [0.5, 0.6) is 0 Å². The Kier molecular flexibility index (Phi) is 8.97. The monoisotopic (exact) mass is 522 g/mol. The second kappa shape index (κ2) is 10.7. The summed E-state index contributed by atoms with van der Waals surface area (Å²) in [5.74, 6) is 0.759. The summed E-state index contributed by atoms with van der Waals surface area (Å²) < 4.78 is 29.0. The quantitative estimate of drug-likeness (QED) is 0.333. The highest BCUT2D eigenvalue weighted by Gasteiger charge is 2.32. The highest BCUT2D eigenvalue weighted by molar-refractivity contribution is 14.0. The lowest BCUT2D eigenvalue weighted by atomic mass is 10.1. The Morgan fingerprint density at radius 3 is 2.71 bits per heavy atom. The van der Waals surface area contributed by atoms with Crippen molar-refractivity contribution in [3.8, 4) is 0 Å². The van der Waals surface area contributed by atoms with Crippen molar-refractivity contribution in [2.45, 2.75) is 36.3 Å². The lowest BCUT2D eigenvalue weighted by Gasteiger charge is -2.35. The predicted molar refractivity (Wildman–Crippen MR) is 122 cm³/mol. The third kappa shape index (κ3) is 6.57. The van der Waals surface area contributed by atoms with Crippen LogP contribution in [0.4, 0.5) is 0 Å². The van der Waals surface area contributed by atoms with Crippen molar-refractivity contribution in [3.63, 3.8) is 0 Å². The topological polar surface area (TPSA) is 83.0 Å². The van der Waals surface area contributed by atoms with E-state index in [0.29, 0.717) is 10.9 Å². The SMILES string of the molecule is CN=C(NCCc1ccc(S(C)(=O)=O)cc1)NCC1CN2CCCC2CO1.I. The molecular formula is C19H31IN4O3S. The smallest absolute Gasteiger partial charge is 0.191 e. The Morgan fingerprint density at radius 2 is 2.04 bits per heavy atom. The lowest BCUT2D eigenvalue weighted by molar-refractivity contribution is -0.0453. The second-order valence-corrected chi connectivity index (χ2v) is 9.31. The standard InChI is InChI=1S/C19H30N4O3S.HI/c1-20-19(22-12-17-13-23-11-3-4-16(23)14-26-17)21-10-9-15-5-7-18(8-6-15)27(2,24)25;/h5-8,16-17H,3-4,9-14H2,1-2H3,(H2,20,21,22);1H. The molecule has 0 aliphatic carbocycles. The Morgan fingerprint density at radius 1 is 1.29 bits per heavy atom. The van der Waals surface area contributed by atoms with E-state index in [-0.39, 0.29) is 30.1 Å². The lowest BCUT2D eigenvalue weighted by Crippen LogP contribution is -2.51. The summed E-state index contributed by atoms with van der Waals surface area (Å²) in [5, 5.41) is 6.64. The number of nitrogens with one attached hydrogen (secondary N) is 2. The van der Waals surface area contributed by atoms with Crippen LogP contribution >= 0.6 is 24.0 Å². The van der Waals surface area contributed by atoms with Crippen LogP contribution in [0, 0.1) is 0 Å². The van der Waals surface area contributed by atoms with Crippen molar-refractivity contribution in [3.05, 3.63) is 29.8 Å². The van der Waals surface area contributed by atoms with Crippen LogP contribution in [-0.2, 0) is 21.0 Å². The summed E-state index contributed by atoms with van der Waals surface area (Å²) in [6.45, 7) is 4.47. The molecule has 2 unspecified atom stereocenters. The number of aliphatic imine (C=N–C) groups is 1. The van der Waals surface area contributed by atoms with E-state index in [4.69, 9.17) is 4.74 Å². The third-order valence-corrected chi connectivity index (χ3v) is 6.37. The van der Waals surface area contributed by atoms with Gasteiger partial charge in [0.05, 0.1) is 17.6 Å². The van der Waals surface area contributed by atoms with Crippen molar-refractivity contribution in [2.75, 3.05) is 46.1 Å². The molecule has 2 saturated heterocycles. The highest BCUT2D eigenvalue weighted by atomic mass is 127. The number of nitrogens with zero attached hydrogens (tertiary/aromatic N) is 2. The molecule has 158 valence electrons. The van der Waals surface area contributed by atoms with Crippen molar-refractivity contribution in [2.24, 2.45) is 4.99 Å². The number of hydrogen-bond donors (Lipinski definition) is 2. The number of morpholine rings is 1. The largest absolute Gasteiger partial charge is 0.373 e. The molecule has 1 aromatic rings. The van der Waals surface area contributed by atoms with Gasteiger partial charge in [-0.05, 0) is 43.5 Å².